The number of likely N-dealkylation sites (N-methyl/N-ethyl adjacent to an activating group) is 1. The average Bonchev–Trinajstić information content (AvgIpc) is 2.59. The number of ether oxygens (including phenoxy) is 1. The Bertz CT molecular complexity index is 839. The number of hydrogen-bond donors (Lipinski definition) is 0. The molecule has 0 N–H and O–H groups in total. The van der Waals surface area contributed by atoms with Gasteiger partial charge in [0.1, 0.15) is 24.0 Å². The van der Waals surface area contributed by atoms with Crippen molar-refractivity contribution in [1.82, 2.24) is 4.90 Å². The first-order valence-electron chi connectivity index (χ1n) is 7.41. The molecule has 4 nitrogen and oxygen atoms in total. The van der Waals surface area contributed by atoms with Gasteiger partial charge in [-0.25, -0.2) is 0 Å². The number of amides is 1. The predicted octanol–water partition coefficient (Wildman–Crippen LogP) is 4.63. The SMILES string of the molecule is CN(C)C(=O)/C(C#N)=C\c1ccc(OCc2ccc(I)cc2)c(Br)c1. The van der Waals surface area contributed by atoms with Crippen molar-refractivity contribution < 1.29 is 9.53 Å². The lowest BCUT2D eigenvalue weighted by Gasteiger charge is -2.10. The van der Waals surface area contributed by atoms with Crippen molar-refractivity contribution in [3.8, 4) is 11.8 Å². The van der Waals surface area contributed by atoms with Crippen LogP contribution in [0, 0.1) is 14.9 Å². The number of benzene rings is 2. The summed E-state index contributed by atoms with van der Waals surface area (Å²) in [5, 5.41) is 9.16. The summed E-state index contributed by atoms with van der Waals surface area (Å²) in [6, 6.07) is 15.5. The Labute approximate surface area is 169 Å². The Morgan fingerprint density at radius 2 is 1.96 bits per heavy atom. The molecule has 0 aliphatic carbocycles. The standard InChI is InChI=1S/C19H16BrIN2O2/c1-23(2)19(24)15(11-22)9-14-5-8-18(17(20)10-14)25-12-13-3-6-16(21)7-4-13/h3-10H,12H2,1-2H3/b15-9-. The smallest absolute Gasteiger partial charge is 0.264 e. The zero-order valence-electron chi connectivity index (χ0n) is 13.8. The normalized spacial score (nSPS) is 10.9. The highest BCUT2D eigenvalue weighted by molar-refractivity contribution is 14.1. The van der Waals surface area contributed by atoms with Crippen LogP contribution in [-0.2, 0) is 11.4 Å². The zero-order valence-corrected chi connectivity index (χ0v) is 17.5. The molecule has 0 aliphatic rings. The van der Waals surface area contributed by atoms with E-state index in [0.29, 0.717) is 12.4 Å². The number of rotatable bonds is 5. The van der Waals surface area contributed by atoms with Gasteiger partial charge in [0.15, 0.2) is 0 Å². The largest absolute Gasteiger partial charge is 0.488 e. The molecule has 0 saturated heterocycles. The summed E-state index contributed by atoms with van der Waals surface area (Å²) in [6.07, 6.45) is 1.57. The summed E-state index contributed by atoms with van der Waals surface area (Å²) >= 11 is 5.74. The highest BCUT2D eigenvalue weighted by atomic mass is 127. The van der Waals surface area contributed by atoms with Gasteiger partial charge < -0.3 is 9.64 Å². The number of halogens is 2. The monoisotopic (exact) mass is 510 g/mol. The van der Waals surface area contributed by atoms with Gasteiger partial charge in [-0.2, -0.15) is 5.26 Å². The van der Waals surface area contributed by atoms with Gasteiger partial charge in [-0.1, -0.05) is 18.2 Å². The van der Waals surface area contributed by atoms with Crippen LogP contribution in [0.5, 0.6) is 5.75 Å². The molecule has 0 radical (unpaired) electrons. The van der Waals surface area contributed by atoms with E-state index in [2.05, 4.69) is 38.5 Å². The highest BCUT2D eigenvalue weighted by Crippen LogP contribution is 2.28. The third kappa shape index (κ3) is 5.58. The van der Waals surface area contributed by atoms with Crippen LogP contribution in [-0.4, -0.2) is 24.9 Å². The molecule has 0 bridgehead atoms. The molecule has 0 saturated carbocycles. The number of nitriles is 1. The molecule has 0 fully saturated rings. The molecular formula is C19H16BrIN2O2. The summed E-state index contributed by atoms with van der Waals surface area (Å²) in [4.78, 5) is 13.3. The molecule has 0 spiro atoms. The minimum Gasteiger partial charge on any atom is -0.488 e. The number of carbonyl (C=O) groups excluding carboxylic acids is 1. The fraction of sp³-hybridized carbons (Fsp3) is 0.158. The number of hydrogen-bond acceptors (Lipinski definition) is 3. The summed E-state index contributed by atoms with van der Waals surface area (Å²) in [6.45, 7) is 0.466. The maximum atomic E-state index is 11.9. The van der Waals surface area contributed by atoms with Gasteiger partial charge in [0.2, 0.25) is 0 Å². The van der Waals surface area contributed by atoms with E-state index >= 15 is 0 Å². The maximum absolute atomic E-state index is 11.9. The van der Waals surface area contributed by atoms with E-state index in [4.69, 9.17) is 10.00 Å². The molecule has 0 aromatic heterocycles. The van der Waals surface area contributed by atoms with Crippen LogP contribution in [0.2, 0.25) is 0 Å². The molecule has 0 atom stereocenters. The van der Waals surface area contributed by atoms with Crippen LogP contribution in [0.1, 0.15) is 11.1 Å². The quantitative estimate of drug-likeness (QED) is 0.335. The topological polar surface area (TPSA) is 53.3 Å². The second-order valence-electron chi connectivity index (χ2n) is 5.47. The van der Waals surface area contributed by atoms with Crippen molar-refractivity contribution in [3.63, 3.8) is 0 Å². The second kappa shape index (κ2) is 9.02. The molecule has 25 heavy (non-hydrogen) atoms. The summed E-state index contributed by atoms with van der Waals surface area (Å²) in [7, 11) is 3.23. The van der Waals surface area contributed by atoms with Crippen LogP contribution >= 0.6 is 38.5 Å². The second-order valence-corrected chi connectivity index (χ2v) is 7.57. The van der Waals surface area contributed by atoms with Gasteiger partial charge in [0, 0.05) is 17.7 Å². The minimum absolute atomic E-state index is 0.0875. The van der Waals surface area contributed by atoms with Crippen molar-refractivity contribution in [1.29, 1.82) is 5.26 Å². The maximum Gasteiger partial charge on any atom is 0.264 e. The van der Waals surface area contributed by atoms with Crippen molar-refractivity contribution in [2.24, 2.45) is 0 Å². The molecule has 6 heteroatoms. The Kier molecular flexibility index (Phi) is 7.02. The molecule has 0 aliphatic heterocycles. The molecule has 0 heterocycles. The fourth-order valence-corrected chi connectivity index (χ4v) is 2.89. The van der Waals surface area contributed by atoms with Crippen LogP contribution in [0.3, 0.4) is 0 Å². The van der Waals surface area contributed by atoms with Crippen molar-refractivity contribution in [3.05, 3.63) is 67.2 Å². The fourth-order valence-electron chi connectivity index (χ4n) is 2.02. The molecule has 128 valence electrons. The molecule has 2 rings (SSSR count). The van der Waals surface area contributed by atoms with E-state index in [-0.39, 0.29) is 11.5 Å². The van der Waals surface area contributed by atoms with Gasteiger partial charge in [0.25, 0.3) is 5.91 Å². The lowest BCUT2D eigenvalue weighted by atomic mass is 10.1. The third-order valence-corrected chi connectivity index (χ3v) is 4.67. The average molecular weight is 511 g/mol. The Hall–Kier alpha value is -1.85. The molecule has 0 unspecified atom stereocenters. The van der Waals surface area contributed by atoms with E-state index in [1.807, 2.05) is 48.5 Å². The van der Waals surface area contributed by atoms with Crippen LogP contribution in [0.15, 0.2) is 52.5 Å². The summed E-state index contributed by atoms with van der Waals surface area (Å²) in [5.74, 6) is 0.380. The first-order chi connectivity index (χ1) is 11.9. The first kappa shape index (κ1) is 19.5. The number of carbonyl (C=O) groups is 1. The Balaban J connectivity index is 2.13. The van der Waals surface area contributed by atoms with Crippen LogP contribution in [0.25, 0.3) is 6.08 Å². The van der Waals surface area contributed by atoms with Gasteiger partial charge in [-0.3, -0.25) is 4.79 Å². The lowest BCUT2D eigenvalue weighted by molar-refractivity contribution is -0.124. The minimum atomic E-state index is -0.322. The highest BCUT2D eigenvalue weighted by Gasteiger charge is 2.11. The van der Waals surface area contributed by atoms with E-state index < -0.39 is 0 Å². The third-order valence-electron chi connectivity index (χ3n) is 3.33. The molecular weight excluding hydrogens is 495 g/mol. The Morgan fingerprint density at radius 1 is 1.28 bits per heavy atom. The zero-order chi connectivity index (χ0) is 18.4. The lowest BCUT2D eigenvalue weighted by Crippen LogP contribution is -2.22. The summed E-state index contributed by atoms with van der Waals surface area (Å²) in [5.41, 5.74) is 1.92. The van der Waals surface area contributed by atoms with Crippen LogP contribution < -0.4 is 4.74 Å². The van der Waals surface area contributed by atoms with E-state index in [1.165, 1.54) is 8.47 Å². The van der Waals surface area contributed by atoms with E-state index in [9.17, 15) is 4.79 Å². The first-order valence-corrected chi connectivity index (χ1v) is 9.28. The van der Waals surface area contributed by atoms with E-state index in [1.54, 1.807) is 20.2 Å². The number of nitrogens with zero attached hydrogens (tertiary/aromatic N) is 2. The van der Waals surface area contributed by atoms with Crippen molar-refractivity contribution >= 4 is 50.5 Å². The Morgan fingerprint density at radius 3 is 2.52 bits per heavy atom. The van der Waals surface area contributed by atoms with E-state index in [0.717, 1.165) is 15.6 Å². The summed E-state index contributed by atoms with van der Waals surface area (Å²) < 4.78 is 7.77. The molecule has 2 aromatic rings. The van der Waals surface area contributed by atoms with Gasteiger partial charge in [-0.05, 0) is 80.0 Å². The van der Waals surface area contributed by atoms with Crippen molar-refractivity contribution in [2.45, 2.75) is 6.61 Å². The van der Waals surface area contributed by atoms with Gasteiger partial charge in [0.05, 0.1) is 4.47 Å². The molecule has 2 aromatic carbocycles. The van der Waals surface area contributed by atoms with Crippen LogP contribution in [0.4, 0.5) is 0 Å². The predicted molar refractivity (Wildman–Crippen MR) is 110 cm³/mol. The molecule has 1 amide bonds. The van der Waals surface area contributed by atoms with Gasteiger partial charge >= 0.3 is 0 Å². The van der Waals surface area contributed by atoms with Crippen molar-refractivity contribution in [2.75, 3.05) is 14.1 Å². The van der Waals surface area contributed by atoms with Gasteiger partial charge in [-0.15, -0.1) is 0 Å².